The molecule has 1 heterocycles. The highest BCUT2D eigenvalue weighted by Gasteiger charge is 2.59. The molecule has 0 saturated heterocycles. The van der Waals surface area contributed by atoms with Crippen LogP contribution in [-0.2, 0) is 11.2 Å². The third-order valence-corrected chi connectivity index (χ3v) is 5.79. The number of aliphatic hydroxyl groups is 1. The van der Waals surface area contributed by atoms with E-state index in [-0.39, 0.29) is 6.04 Å². The number of benzene rings is 2. The molecule has 0 radical (unpaired) electrons. The van der Waals surface area contributed by atoms with E-state index < -0.39 is 17.4 Å². The molecule has 0 aromatic heterocycles. The lowest BCUT2D eigenvalue weighted by Crippen LogP contribution is -2.63. The predicted molar refractivity (Wildman–Crippen MR) is 93.5 cm³/mol. The summed E-state index contributed by atoms with van der Waals surface area (Å²) in [7, 11) is 0. The van der Waals surface area contributed by atoms with Gasteiger partial charge in [-0.15, -0.1) is 0 Å². The molecule has 2 aromatic rings. The number of hydrogen-bond donors (Lipinski definition) is 2. The Labute approximate surface area is 141 Å². The Kier molecular flexibility index (Phi) is 3.57. The van der Waals surface area contributed by atoms with Gasteiger partial charge in [0.25, 0.3) is 0 Å². The highest BCUT2D eigenvalue weighted by molar-refractivity contribution is 5.85. The number of aliphatic hydroxyl groups excluding tert-OH is 1. The third-order valence-electron chi connectivity index (χ3n) is 5.79. The molecule has 1 fully saturated rings. The largest absolute Gasteiger partial charge is 0.387 e. The molecule has 1 aliphatic heterocycles. The number of rotatable bonds is 4. The average molecular weight is 322 g/mol. The Morgan fingerprint density at radius 1 is 1.17 bits per heavy atom. The molecule has 4 rings (SSSR count). The molecule has 2 aliphatic rings. The van der Waals surface area contributed by atoms with Gasteiger partial charge in [-0.25, -0.2) is 0 Å². The second kappa shape index (κ2) is 5.64. The number of anilines is 1. The van der Waals surface area contributed by atoms with Crippen LogP contribution in [0.5, 0.6) is 0 Å². The fourth-order valence-corrected chi connectivity index (χ4v) is 4.38. The molecule has 0 bridgehead atoms. The van der Waals surface area contributed by atoms with Crippen LogP contribution >= 0.6 is 0 Å². The Bertz CT molecular complexity index is 761. The summed E-state index contributed by atoms with van der Waals surface area (Å²) < 4.78 is 0. The highest BCUT2D eigenvalue weighted by Crippen LogP contribution is 2.54. The quantitative estimate of drug-likeness (QED) is 0.908. The summed E-state index contributed by atoms with van der Waals surface area (Å²) in [5.74, 6) is -0.403. The van der Waals surface area contributed by atoms with Crippen LogP contribution in [0.3, 0.4) is 0 Å². The Morgan fingerprint density at radius 3 is 2.54 bits per heavy atom. The van der Waals surface area contributed by atoms with Crippen molar-refractivity contribution in [3.05, 3.63) is 65.7 Å². The van der Waals surface area contributed by atoms with Gasteiger partial charge < -0.3 is 15.7 Å². The van der Waals surface area contributed by atoms with E-state index in [9.17, 15) is 9.90 Å². The zero-order valence-corrected chi connectivity index (χ0v) is 13.6. The smallest absolute Gasteiger partial charge is 0.228 e. The van der Waals surface area contributed by atoms with Gasteiger partial charge in [-0.1, -0.05) is 48.5 Å². The first-order valence-corrected chi connectivity index (χ1v) is 8.52. The molecule has 3 atom stereocenters. The average Bonchev–Trinajstić information content (AvgIpc) is 2.98. The third kappa shape index (κ3) is 2.06. The first-order chi connectivity index (χ1) is 11.6. The molecule has 0 spiro atoms. The minimum Gasteiger partial charge on any atom is -0.387 e. The normalized spacial score (nSPS) is 26.5. The number of hydrogen-bond acceptors (Lipinski definition) is 3. The van der Waals surface area contributed by atoms with Gasteiger partial charge in [0.2, 0.25) is 5.91 Å². The number of nitrogens with two attached hydrogens (primary N) is 1. The number of carbonyl (C=O) groups is 1. The standard InChI is InChI=1S/C20H22N2O2/c21-19(24)20(18(23)15-7-2-1-3-8-15)12-10-17(20)22-13-11-14-6-4-5-9-16(14)22/h1-9,17-18,23H,10-13H2,(H2,21,24). The molecule has 4 heteroatoms. The fourth-order valence-electron chi connectivity index (χ4n) is 4.38. The maximum atomic E-state index is 12.4. The maximum Gasteiger partial charge on any atom is 0.228 e. The summed E-state index contributed by atoms with van der Waals surface area (Å²) in [5.41, 5.74) is 8.14. The molecule has 24 heavy (non-hydrogen) atoms. The van der Waals surface area contributed by atoms with Crippen molar-refractivity contribution in [1.82, 2.24) is 0 Å². The van der Waals surface area contributed by atoms with Gasteiger partial charge in [-0.05, 0) is 36.5 Å². The lowest BCUT2D eigenvalue weighted by molar-refractivity contribution is -0.147. The number of amides is 1. The number of para-hydroxylation sites is 1. The maximum absolute atomic E-state index is 12.4. The van der Waals surface area contributed by atoms with Crippen molar-refractivity contribution in [2.45, 2.75) is 31.4 Å². The molecule has 2 aromatic carbocycles. The zero-order chi connectivity index (χ0) is 16.7. The van der Waals surface area contributed by atoms with E-state index in [0.717, 1.165) is 24.9 Å². The van der Waals surface area contributed by atoms with E-state index in [2.05, 4.69) is 17.0 Å². The van der Waals surface area contributed by atoms with Crippen molar-refractivity contribution < 1.29 is 9.90 Å². The predicted octanol–water partition coefficient (Wildman–Crippen LogP) is 2.42. The van der Waals surface area contributed by atoms with Crippen LogP contribution in [0.15, 0.2) is 54.6 Å². The van der Waals surface area contributed by atoms with Crippen molar-refractivity contribution in [2.75, 3.05) is 11.4 Å². The lowest BCUT2D eigenvalue weighted by atomic mass is 9.58. The van der Waals surface area contributed by atoms with Crippen LogP contribution in [0, 0.1) is 5.41 Å². The Morgan fingerprint density at radius 2 is 1.88 bits per heavy atom. The number of carbonyl (C=O) groups excluding carboxylic acids is 1. The second-order valence-electron chi connectivity index (χ2n) is 6.84. The first kappa shape index (κ1) is 15.2. The lowest BCUT2D eigenvalue weighted by Gasteiger charge is -2.54. The van der Waals surface area contributed by atoms with Gasteiger partial charge >= 0.3 is 0 Å². The topological polar surface area (TPSA) is 66.6 Å². The molecule has 124 valence electrons. The summed E-state index contributed by atoms with van der Waals surface area (Å²) in [6.45, 7) is 0.876. The first-order valence-electron chi connectivity index (χ1n) is 8.52. The van der Waals surface area contributed by atoms with Gasteiger partial charge in [0.05, 0.1) is 11.5 Å². The van der Waals surface area contributed by atoms with Crippen molar-refractivity contribution >= 4 is 11.6 Å². The monoisotopic (exact) mass is 322 g/mol. The molecular formula is C20H22N2O2. The molecule has 3 unspecified atom stereocenters. The van der Waals surface area contributed by atoms with Crippen LogP contribution in [-0.4, -0.2) is 23.6 Å². The van der Waals surface area contributed by atoms with Crippen molar-refractivity contribution in [3.63, 3.8) is 0 Å². The van der Waals surface area contributed by atoms with Gasteiger partial charge in [0.1, 0.15) is 0 Å². The molecule has 1 aliphatic carbocycles. The van der Waals surface area contributed by atoms with Crippen LogP contribution in [0.25, 0.3) is 0 Å². The van der Waals surface area contributed by atoms with Crippen LogP contribution < -0.4 is 10.6 Å². The van der Waals surface area contributed by atoms with E-state index >= 15 is 0 Å². The fraction of sp³-hybridized carbons (Fsp3) is 0.350. The van der Waals surface area contributed by atoms with E-state index in [0.29, 0.717) is 6.42 Å². The van der Waals surface area contributed by atoms with E-state index in [1.165, 1.54) is 11.3 Å². The van der Waals surface area contributed by atoms with Crippen molar-refractivity contribution in [1.29, 1.82) is 0 Å². The van der Waals surface area contributed by atoms with Crippen LogP contribution in [0.1, 0.15) is 30.1 Å². The molecule has 3 N–H and O–H groups in total. The van der Waals surface area contributed by atoms with Gasteiger partial charge in [-0.2, -0.15) is 0 Å². The second-order valence-corrected chi connectivity index (χ2v) is 6.84. The van der Waals surface area contributed by atoms with Gasteiger partial charge in [0, 0.05) is 18.3 Å². The Balaban J connectivity index is 1.71. The minimum atomic E-state index is -0.918. The number of fused-ring (bicyclic) bond motifs is 1. The van der Waals surface area contributed by atoms with Crippen molar-refractivity contribution in [3.8, 4) is 0 Å². The van der Waals surface area contributed by atoms with Crippen LogP contribution in [0.2, 0.25) is 0 Å². The number of nitrogens with zero attached hydrogens (tertiary/aromatic N) is 1. The zero-order valence-electron chi connectivity index (χ0n) is 13.6. The molecule has 4 nitrogen and oxygen atoms in total. The summed E-state index contributed by atoms with van der Waals surface area (Å²) >= 11 is 0. The SMILES string of the molecule is NC(=O)C1(C(O)c2ccccc2)CCC1N1CCc2ccccc21. The van der Waals surface area contributed by atoms with E-state index in [1.54, 1.807) is 0 Å². The van der Waals surface area contributed by atoms with E-state index in [1.807, 2.05) is 42.5 Å². The van der Waals surface area contributed by atoms with Crippen molar-refractivity contribution in [2.24, 2.45) is 11.1 Å². The molecular weight excluding hydrogens is 300 g/mol. The van der Waals surface area contributed by atoms with E-state index in [4.69, 9.17) is 5.73 Å². The van der Waals surface area contributed by atoms with Crippen LogP contribution in [0.4, 0.5) is 5.69 Å². The summed E-state index contributed by atoms with van der Waals surface area (Å²) in [6.07, 6.45) is 1.61. The minimum absolute atomic E-state index is 0.0474. The summed E-state index contributed by atoms with van der Waals surface area (Å²) in [6, 6.07) is 17.6. The number of primary amides is 1. The summed E-state index contributed by atoms with van der Waals surface area (Å²) in [5, 5.41) is 11.0. The van der Waals surface area contributed by atoms with Gasteiger partial charge in [0.15, 0.2) is 0 Å². The Hall–Kier alpha value is -2.33. The van der Waals surface area contributed by atoms with Gasteiger partial charge in [-0.3, -0.25) is 4.79 Å². The summed E-state index contributed by atoms with van der Waals surface area (Å²) in [4.78, 5) is 14.7. The molecule has 1 amide bonds. The highest BCUT2D eigenvalue weighted by atomic mass is 16.3. The molecule has 1 saturated carbocycles.